The van der Waals surface area contributed by atoms with Crippen LogP contribution in [0.2, 0.25) is 0 Å². The van der Waals surface area contributed by atoms with E-state index in [9.17, 15) is 14.4 Å². The Balaban J connectivity index is 1.14. The molecule has 3 heterocycles. The van der Waals surface area contributed by atoms with E-state index in [1.54, 1.807) is 17.5 Å². The Kier molecular flexibility index (Phi) is 8.25. The molecule has 3 aromatic heterocycles. The van der Waals surface area contributed by atoms with Crippen molar-refractivity contribution in [3.05, 3.63) is 148 Å². The minimum atomic E-state index is -0.582. The van der Waals surface area contributed by atoms with Crippen LogP contribution < -0.4 is 0 Å². The van der Waals surface area contributed by atoms with Crippen molar-refractivity contribution < 1.29 is 24.0 Å². The van der Waals surface area contributed by atoms with Gasteiger partial charge in [0.1, 0.15) is 17.2 Å². The number of fused-ring (bicyclic) bond motifs is 6. The fourth-order valence-electron chi connectivity index (χ4n) is 6.78. The second-order valence-electron chi connectivity index (χ2n) is 12.1. The van der Waals surface area contributed by atoms with Crippen LogP contribution in [0, 0.1) is 0 Å². The Hall–Kier alpha value is -6.32. The molecule has 8 nitrogen and oxygen atoms in total. The molecular weight excluding hydrogens is 659 g/mol. The van der Waals surface area contributed by atoms with Crippen LogP contribution in [-0.2, 0) is 20.9 Å². The van der Waals surface area contributed by atoms with Gasteiger partial charge in [-0.1, -0.05) is 53.7 Å². The lowest BCUT2D eigenvalue weighted by atomic mass is 10.0. The van der Waals surface area contributed by atoms with E-state index in [1.807, 2.05) is 97.1 Å². The highest BCUT2D eigenvalue weighted by atomic mass is 32.1. The predicted molar refractivity (Wildman–Crippen MR) is 202 cm³/mol. The molecule has 0 bridgehead atoms. The summed E-state index contributed by atoms with van der Waals surface area (Å²) in [5.41, 5.74) is 7.26. The number of benzene rings is 5. The zero-order chi connectivity index (χ0) is 35.1. The summed E-state index contributed by atoms with van der Waals surface area (Å²) in [6, 6.07) is 39.2. The smallest absolute Gasteiger partial charge is 0.348 e. The van der Waals surface area contributed by atoms with Crippen molar-refractivity contribution in [2.75, 3.05) is 6.61 Å². The van der Waals surface area contributed by atoms with Crippen molar-refractivity contribution in [2.45, 2.75) is 20.4 Å². The van der Waals surface area contributed by atoms with E-state index in [4.69, 9.17) is 9.57 Å². The lowest BCUT2D eigenvalue weighted by Crippen LogP contribution is -2.15. The van der Waals surface area contributed by atoms with Gasteiger partial charge in [0.05, 0.1) is 11.0 Å². The van der Waals surface area contributed by atoms with Crippen molar-refractivity contribution in [1.29, 1.82) is 0 Å². The van der Waals surface area contributed by atoms with E-state index in [-0.39, 0.29) is 12.4 Å². The Labute approximate surface area is 296 Å². The Morgan fingerprint density at radius 2 is 1.27 bits per heavy atom. The van der Waals surface area contributed by atoms with E-state index < -0.39 is 11.9 Å². The number of hydrogen-bond donors (Lipinski definition) is 0. The van der Waals surface area contributed by atoms with Crippen molar-refractivity contribution in [2.24, 2.45) is 5.16 Å². The number of nitrogens with zero attached hydrogens (tertiary/aromatic N) is 3. The molecule has 0 N–H and O–H groups in total. The van der Waals surface area contributed by atoms with Gasteiger partial charge in [-0.25, -0.2) is 9.59 Å². The van der Waals surface area contributed by atoms with Crippen molar-refractivity contribution in [1.82, 2.24) is 9.13 Å². The van der Waals surface area contributed by atoms with Gasteiger partial charge in [-0.15, -0.1) is 11.3 Å². The van der Waals surface area contributed by atoms with Crippen LogP contribution in [0.1, 0.15) is 45.0 Å². The quantitative estimate of drug-likeness (QED) is 0.0495. The molecule has 0 unspecified atom stereocenters. The number of aryl methyl sites for hydroxylation is 1. The summed E-state index contributed by atoms with van der Waals surface area (Å²) in [5, 5.41) is 9.98. The standard InChI is InChI=1S/C42H31N3O5S/c1-3-44-36-11-6-4-9-31(36)33-24-29(17-20-37(33)44)41(47)27-14-18-30(19-15-27)45-38-12-7-5-10-32(38)34-23-28(16-21-39(34)45)35(43-50-26(2)46)25-49-42(48)40-13-8-22-51-40/h4-24H,3,25H2,1-2H3. The Morgan fingerprint density at radius 3 is 2.00 bits per heavy atom. The van der Waals surface area contributed by atoms with E-state index >= 15 is 0 Å². The molecule has 0 saturated heterocycles. The number of aromatic nitrogens is 2. The van der Waals surface area contributed by atoms with Crippen molar-refractivity contribution in [3.8, 4) is 5.69 Å². The van der Waals surface area contributed by atoms with E-state index in [0.29, 0.717) is 27.3 Å². The maximum Gasteiger partial charge on any atom is 0.348 e. The number of hydrogen-bond acceptors (Lipinski definition) is 7. The molecule has 0 saturated carbocycles. The summed E-state index contributed by atoms with van der Waals surface area (Å²) in [4.78, 5) is 43.5. The number of oxime groups is 1. The first kappa shape index (κ1) is 31.9. The molecule has 0 atom stereocenters. The van der Waals surface area contributed by atoms with E-state index in [0.717, 1.165) is 55.8 Å². The number of carbonyl (C=O) groups excluding carboxylic acids is 3. The second-order valence-corrected chi connectivity index (χ2v) is 13.1. The summed E-state index contributed by atoms with van der Waals surface area (Å²) < 4.78 is 9.96. The maximum absolute atomic E-state index is 13.8. The predicted octanol–water partition coefficient (Wildman–Crippen LogP) is 9.33. The highest BCUT2D eigenvalue weighted by Crippen LogP contribution is 2.34. The Bertz CT molecular complexity index is 2670. The summed E-state index contributed by atoms with van der Waals surface area (Å²) in [6.45, 7) is 4.06. The summed E-state index contributed by atoms with van der Waals surface area (Å²) in [5.74, 6) is -1.10. The molecular formula is C42H31N3O5S. The average molecular weight is 690 g/mol. The fraction of sp³-hybridized carbons (Fsp3) is 0.0952. The number of rotatable bonds is 9. The first-order valence-corrected chi connectivity index (χ1v) is 17.4. The summed E-state index contributed by atoms with van der Waals surface area (Å²) in [7, 11) is 0. The molecule has 8 rings (SSSR count). The monoisotopic (exact) mass is 689 g/mol. The average Bonchev–Trinajstić information content (AvgIpc) is 3.90. The van der Waals surface area contributed by atoms with Crippen LogP contribution in [0.4, 0.5) is 0 Å². The van der Waals surface area contributed by atoms with Gasteiger partial charge in [0.2, 0.25) is 0 Å². The number of carbonyl (C=O) groups is 3. The third-order valence-corrected chi connectivity index (χ3v) is 9.94. The molecule has 0 fully saturated rings. The number of thiophene rings is 1. The zero-order valence-corrected chi connectivity index (χ0v) is 28.6. The molecule has 0 spiro atoms. The van der Waals surface area contributed by atoms with E-state index in [2.05, 4.69) is 33.3 Å². The highest BCUT2D eigenvalue weighted by Gasteiger charge is 2.19. The van der Waals surface area contributed by atoms with Crippen LogP contribution in [0.5, 0.6) is 0 Å². The number of ketones is 1. The van der Waals surface area contributed by atoms with Crippen LogP contribution in [0.25, 0.3) is 49.3 Å². The first-order valence-electron chi connectivity index (χ1n) is 16.6. The molecule has 0 radical (unpaired) electrons. The minimum absolute atomic E-state index is 0.0389. The molecule has 8 aromatic rings. The molecule has 0 amide bonds. The maximum atomic E-state index is 13.8. The van der Waals surface area contributed by atoms with Gasteiger partial charge in [0.15, 0.2) is 5.78 Å². The van der Waals surface area contributed by atoms with Crippen LogP contribution >= 0.6 is 11.3 Å². The normalized spacial score (nSPS) is 11.8. The van der Waals surface area contributed by atoms with Crippen LogP contribution in [0.3, 0.4) is 0 Å². The lowest BCUT2D eigenvalue weighted by molar-refractivity contribution is -0.140. The van der Waals surface area contributed by atoms with Gasteiger partial charge in [-0.05, 0) is 85.1 Å². The molecule has 0 aliphatic rings. The number of ether oxygens (including phenoxy) is 1. The largest absolute Gasteiger partial charge is 0.455 e. The van der Waals surface area contributed by atoms with E-state index in [1.165, 1.54) is 18.3 Å². The van der Waals surface area contributed by atoms with Crippen LogP contribution in [-0.4, -0.2) is 39.2 Å². The molecule has 0 aliphatic carbocycles. The SMILES string of the molecule is CCn1c2ccccc2c2cc(C(=O)c3ccc(-n4c5ccccc5c5cc(C(COC(=O)c6cccs6)=NOC(C)=O)ccc54)cc3)ccc21. The zero-order valence-electron chi connectivity index (χ0n) is 27.8. The van der Waals surface area contributed by atoms with Gasteiger partial charge < -0.3 is 18.7 Å². The first-order chi connectivity index (χ1) is 24.9. The van der Waals surface area contributed by atoms with Gasteiger partial charge in [0, 0.05) is 68.4 Å². The molecule has 0 aliphatic heterocycles. The molecule has 5 aromatic carbocycles. The fourth-order valence-corrected chi connectivity index (χ4v) is 7.39. The molecule has 51 heavy (non-hydrogen) atoms. The molecule has 9 heteroatoms. The summed E-state index contributed by atoms with van der Waals surface area (Å²) in [6.07, 6.45) is 0. The number of esters is 1. The second kappa shape index (κ2) is 13.2. The third kappa shape index (κ3) is 5.77. The minimum Gasteiger partial charge on any atom is -0.455 e. The van der Waals surface area contributed by atoms with Crippen molar-refractivity contribution >= 4 is 78.4 Å². The third-order valence-electron chi connectivity index (χ3n) is 9.09. The van der Waals surface area contributed by atoms with Gasteiger partial charge in [-0.3, -0.25) is 4.79 Å². The number of para-hydroxylation sites is 2. The highest BCUT2D eigenvalue weighted by molar-refractivity contribution is 7.12. The van der Waals surface area contributed by atoms with Crippen molar-refractivity contribution in [3.63, 3.8) is 0 Å². The van der Waals surface area contributed by atoms with Gasteiger partial charge >= 0.3 is 11.9 Å². The summed E-state index contributed by atoms with van der Waals surface area (Å²) >= 11 is 1.28. The molecule has 250 valence electrons. The lowest BCUT2D eigenvalue weighted by Gasteiger charge is -2.10. The van der Waals surface area contributed by atoms with Gasteiger partial charge in [-0.2, -0.15) is 0 Å². The van der Waals surface area contributed by atoms with Crippen LogP contribution in [0.15, 0.2) is 132 Å². The van der Waals surface area contributed by atoms with Gasteiger partial charge in [0.25, 0.3) is 0 Å². The Morgan fingerprint density at radius 1 is 0.667 bits per heavy atom. The topological polar surface area (TPSA) is 91.9 Å².